The Hall–Kier alpha value is -1.21. The van der Waals surface area contributed by atoms with Gasteiger partial charge in [0.15, 0.2) is 0 Å². The van der Waals surface area contributed by atoms with E-state index in [1.165, 1.54) is 37.0 Å². The minimum atomic E-state index is -0.0991. The lowest BCUT2D eigenvalue weighted by Gasteiger charge is -2.56. The van der Waals surface area contributed by atoms with Gasteiger partial charge in [0.25, 0.3) is 0 Å². The molecule has 2 saturated carbocycles. The Morgan fingerprint density at radius 2 is 2.33 bits per heavy atom. The molecule has 2 unspecified atom stereocenters. The smallest absolute Gasteiger partial charge is 0.323 e. The third kappa shape index (κ3) is 2.53. The lowest BCUT2D eigenvalue weighted by atomic mass is 9.60. The number of ether oxygens (including phenoxy) is 1. The average molecular weight is 310 g/mol. The van der Waals surface area contributed by atoms with Gasteiger partial charge in [-0.25, -0.2) is 4.79 Å². The third-order valence-corrected chi connectivity index (χ3v) is 5.61. The lowest BCUT2D eigenvalue weighted by Crippen LogP contribution is -2.64. The van der Waals surface area contributed by atoms with Gasteiger partial charge in [-0.05, 0) is 26.2 Å². The second kappa shape index (κ2) is 5.88. The standard InChI is InChI=1S/C14H22N4O2S/c1-3-20-11-8-10(14(11)6-4-5-7-14)18(2)13(19)16-12-17-15-9-21-12/h9-11H,3-8H2,1-2H3,(H,16,17,19). The molecule has 1 heterocycles. The Labute approximate surface area is 128 Å². The highest BCUT2D eigenvalue weighted by Crippen LogP contribution is 2.56. The van der Waals surface area contributed by atoms with Crippen molar-refractivity contribution >= 4 is 22.5 Å². The number of carbonyl (C=O) groups is 1. The Morgan fingerprint density at radius 1 is 1.57 bits per heavy atom. The fraction of sp³-hybridized carbons (Fsp3) is 0.786. The summed E-state index contributed by atoms with van der Waals surface area (Å²) in [6.07, 6.45) is 6.07. The summed E-state index contributed by atoms with van der Waals surface area (Å²) in [5.41, 5.74) is 1.78. The molecule has 1 aromatic rings. The highest BCUT2D eigenvalue weighted by Gasteiger charge is 2.58. The molecule has 2 amide bonds. The van der Waals surface area contributed by atoms with E-state index < -0.39 is 0 Å². The van der Waals surface area contributed by atoms with Gasteiger partial charge in [-0.1, -0.05) is 24.2 Å². The number of carbonyl (C=O) groups excluding carboxylic acids is 1. The molecule has 0 bridgehead atoms. The maximum absolute atomic E-state index is 12.4. The van der Waals surface area contributed by atoms with Crippen LogP contribution in [0.2, 0.25) is 0 Å². The predicted octanol–water partition coefficient (Wildman–Crippen LogP) is 2.74. The van der Waals surface area contributed by atoms with Crippen LogP contribution in [0.25, 0.3) is 0 Å². The number of aromatic nitrogens is 2. The van der Waals surface area contributed by atoms with Crippen molar-refractivity contribution < 1.29 is 9.53 Å². The van der Waals surface area contributed by atoms with Gasteiger partial charge < -0.3 is 9.64 Å². The van der Waals surface area contributed by atoms with Crippen molar-refractivity contribution in [2.75, 3.05) is 19.0 Å². The SMILES string of the molecule is CCOC1CC(N(C)C(=O)Nc2nncs2)C12CCCC2. The van der Waals surface area contributed by atoms with E-state index in [1.54, 1.807) is 5.51 Å². The lowest BCUT2D eigenvalue weighted by molar-refractivity contribution is -0.150. The molecule has 1 aromatic heterocycles. The van der Waals surface area contributed by atoms with Crippen molar-refractivity contribution in [2.24, 2.45) is 5.41 Å². The van der Waals surface area contributed by atoms with Crippen molar-refractivity contribution in [3.05, 3.63) is 5.51 Å². The minimum Gasteiger partial charge on any atom is -0.378 e. The van der Waals surface area contributed by atoms with Crippen LogP contribution in [-0.4, -0.2) is 46.9 Å². The van der Waals surface area contributed by atoms with E-state index in [1.807, 2.05) is 18.9 Å². The zero-order chi connectivity index (χ0) is 14.9. The summed E-state index contributed by atoms with van der Waals surface area (Å²) in [6, 6.07) is 0.169. The van der Waals surface area contributed by atoms with Gasteiger partial charge in [0.05, 0.1) is 6.10 Å². The highest BCUT2D eigenvalue weighted by molar-refractivity contribution is 7.13. The maximum atomic E-state index is 12.4. The van der Waals surface area contributed by atoms with Gasteiger partial charge in [-0.15, -0.1) is 10.2 Å². The van der Waals surface area contributed by atoms with Crippen molar-refractivity contribution in [3.63, 3.8) is 0 Å². The summed E-state index contributed by atoms with van der Waals surface area (Å²) < 4.78 is 5.90. The van der Waals surface area contributed by atoms with E-state index >= 15 is 0 Å². The molecule has 3 rings (SSSR count). The normalized spacial score (nSPS) is 26.6. The van der Waals surface area contributed by atoms with Crippen molar-refractivity contribution in [3.8, 4) is 0 Å². The largest absolute Gasteiger partial charge is 0.378 e. The van der Waals surface area contributed by atoms with E-state index in [-0.39, 0.29) is 17.5 Å². The molecule has 2 aliphatic rings. The first-order valence-electron chi connectivity index (χ1n) is 7.59. The summed E-state index contributed by atoms with van der Waals surface area (Å²) in [5, 5.41) is 11.0. The van der Waals surface area contributed by atoms with Crippen LogP contribution in [0.5, 0.6) is 0 Å². The zero-order valence-corrected chi connectivity index (χ0v) is 13.4. The molecular weight excluding hydrogens is 288 g/mol. The number of hydrogen-bond donors (Lipinski definition) is 1. The predicted molar refractivity (Wildman–Crippen MR) is 81.4 cm³/mol. The van der Waals surface area contributed by atoms with Gasteiger partial charge in [0, 0.05) is 25.1 Å². The summed E-state index contributed by atoms with van der Waals surface area (Å²) in [4.78, 5) is 14.2. The monoisotopic (exact) mass is 310 g/mol. The van der Waals surface area contributed by atoms with E-state index in [2.05, 4.69) is 15.5 Å². The molecule has 2 aliphatic carbocycles. The van der Waals surface area contributed by atoms with Crippen LogP contribution in [0.4, 0.5) is 9.93 Å². The van der Waals surface area contributed by atoms with E-state index in [4.69, 9.17) is 4.74 Å². The molecule has 1 spiro atoms. The molecule has 2 fully saturated rings. The molecule has 0 saturated heterocycles. The first-order valence-corrected chi connectivity index (χ1v) is 8.47. The molecule has 0 radical (unpaired) electrons. The van der Waals surface area contributed by atoms with Gasteiger partial charge in [-0.2, -0.15) is 0 Å². The number of hydrogen-bond acceptors (Lipinski definition) is 5. The summed E-state index contributed by atoms with van der Waals surface area (Å²) in [6.45, 7) is 2.79. The van der Waals surface area contributed by atoms with Crippen LogP contribution >= 0.6 is 11.3 Å². The molecule has 116 valence electrons. The van der Waals surface area contributed by atoms with Crippen LogP contribution in [-0.2, 0) is 4.74 Å². The first kappa shape index (κ1) is 14.7. The number of anilines is 1. The first-order chi connectivity index (χ1) is 10.2. The van der Waals surface area contributed by atoms with Crippen LogP contribution in [0.1, 0.15) is 39.0 Å². The Balaban J connectivity index is 1.67. The summed E-state index contributed by atoms with van der Waals surface area (Å²) >= 11 is 1.33. The Kier molecular flexibility index (Phi) is 4.12. The molecule has 7 heteroatoms. The topological polar surface area (TPSA) is 67.3 Å². The number of urea groups is 1. The number of amides is 2. The van der Waals surface area contributed by atoms with Crippen LogP contribution in [0.3, 0.4) is 0 Å². The molecule has 0 aliphatic heterocycles. The number of nitrogens with zero attached hydrogens (tertiary/aromatic N) is 3. The van der Waals surface area contributed by atoms with Crippen molar-refractivity contribution in [2.45, 2.75) is 51.2 Å². The maximum Gasteiger partial charge on any atom is 0.323 e. The van der Waals surface area contributed by atoms with Crippen molar-refractivity contribution in [1.82, 2.24) is 15.1 Å². The highest BCUT2D eigenvalue weighted by atomic mass is 32.1. The molecule has 6 nitrogen and oxygen atoms in total. The molecule has 2 atom stereocenters. The van der Waals surface area contributed by atoms with E-state index in [9.17, 15) is 4.79 Å². The van der Waals surface area contributed by atoms with Crippen molar-refractivity contribution in [1.29, 1.82) is 0 Å². The fourth-order valence-corrected chi connectivity index (χ4v) is 4.38. The van der Waals surface area contributed by atoms with Gasteiger partial charge >= 0.3 is 6.03 Å². The number of rotatable bonds is 4. The molecule has 1 N–H and O–H groups in total. The van der Waals surface area contributed by atoms with E-state index in [0.717, 1.165) is 13.0 Å². The molecule has 0 aromatic carbocycles. The van der Waals surface area contributed by atoms with Gasteiger partial charge in [0.2, 0.25) is 5.13 Å². The van der Waals surface area contributed by atoms with Gasteiger partial charge in [-0.3, -0.25) is 5.32 Å². The number of nitrogens with one attached hydrogen (secondary N) is 1. The van der Waals surface area contributed by atoms with Crippen LogP contribution in [0.15, 0.2) is 5.51 Å². The Bertz CT molecular complexity index is 487. The molecular formula is C14H22N4O2S. The van der Waals surface area contributed by atoms with Gasteiger partial charge in [0.1, 0.15) is 5.51 Å². The Morgan fingerprint density at radius 3 is 2.95 bits per heavy atom. The molecule has 21 heavy (non-hydrogen) atoms. The zero-order valence-electron chi connectivity index (χ0n) is 12.5. The quantitative estimate of drug-likeness (QED) is 0.928. The third-order valence-electron chi connectivity index (χ3n) is 5.01. The fourth-order valence-electron chi connectivity index (χ4n) is 3.94. The second-order valence-electron chi connectivity index (χ2n) is 5.92. The summed E-state index contributed by atoms with van der Waals surface area (Å²) in [7, 11) is 1.88. The second-order valence-corrected chi connectivity index (χ2v) is 6.75. The summed E-state index contributed by atoms with van der Waals surface area (Å²) in [5.74, 6) is 0. The van der Waals surface area contributed by atoms with Crippen LogP contribution < -0.4 is 5.32 Å². The average Bonchev–Trinajstić information content (AvgIpc) is 3.14. The van der Waals surface area contributed by atoms with E-state index in [0.29, 0.717) is 11.2 Å². The minimum absolute atomic E-state index is 0.0991. The van der Waals surface area contributed by atoms with Crippen LogP contribution in [0, 0.1) is 5.41 Å².